The van der Waals surface area contributed by atoms with E-state index in [9.17, 15) is 4.79 Å². The van der Waals surface area contributed by atoms with Crippen LogP contribution in [-0.4, -0.2) is 45.6 Å². The molecular formula is C33H38N4O3. The Bertz CT molecular complexity index is 1590. The summed E-state index contributed by atoms with van der Waals surface area (Å²) >= 11 is 0. The molecule has 2 unspecified atom stereocenters. The molecule has 4 aromatic rings. The van der Waals surface area contributed by atoms with Gasteiger partial charge in [0.25, 0.3) is 0 Å². The Kier molecular flexibility index (Phi) is 6.65. The lowest BCUT2D eigenvalue weighted by atomic mass is 9.69. The number of esters is 1. The standard InChI is InChI=1S/C33H38N4O3/c1-20-18-37(19-24-9-7-8-10-29(24)40-20)27-15-13-22-11-12-23(17-26(22)27)30(33(3,4)32(38)39-6)25-14-16-28-31(21(25)2)34-35-36(28)5/h7-12,14,16-17,20,27,30H,13,15,18-19H2,1-6H3/t20-,27?,30?/m1/s1. The molecule has 0 bridgehead atoms. The van der Waals surface area contributed by atoms with Gasteiger partial charge in [0, 0.05) is 37.7 Å². The zero-order chi connectivity index (χ0) is 28.2. The molecule has 3 atom stereocenters. The molecule has 0 spiro atoms. The Hall–Kier alpha value is -3.71. The van der Waals surface area contributed by atoms with Gasteiger partial charge in [-0.3, -0.25) is 9.69 Å². The van der Waals surface area contributed by atoms with Crippen LogP contribution in [0, 0.1) is 12.3 Å². The van der Waals surface area contributed by atoms with Gasteiger partial charge in [-0.1, -0.05) is 47.7 Å². The van der Waals surface area contributed by atoms with Crippen LogP contribution in [0.15, 0.2) is 54.6 Å². The first-order valence-electron chi connectivity index (χ1n) is 14.2. The molecule has 40 heavy (non-hydrogen) atoms. The van der Waals surface area contributed by atoms with E-state index in [0.717, 1.165) is 59.4 Å². The fourth-order valence-electron chi connectivity index (χ4n) is 6.94. The molecule has 0 amide bonds. The first kappa shape index (κ1) is 26.5. The number of methoxy groups -OCH3 is 1. The first-order chi connectivity index (χ1) is 19.2. The monoisotopic (exact) mass is 538 g/mol. The molecule has 1 aliphatic carbocycles. The van der Waals surface area contributed by atoms with Crippen LogP contribution in [0.25, 0.3) is 11.0 Å². The van der Waals surface area contributed by atoms with Crippen molar-refractivity contribution in [1.29, 1.82) is 0 Å². The van der Waals surface area contributed by atoms with Crippen molar-refractivity contribution in [2.45, 2.75) is 65.1 Å². The molecule has 7 heteroatoms. The normalized spacial score (nSPS) is 19.9. The molecule has 3 aromatic carbocycles. The topological polar surface area (TPSA) is 69.5 Å². The maximum absolute atomic E-state index is 13.3. The van der Waals surface area contributed by atoms with Gasteiger partial charge >= 0.3 is 5.97 Å². The Morgan fingerprint density at radius 1 is 1.12 bits per heavy atom. The summed E-state index contributed by atoms with van der Waals surface area (Å²) in [6.45, 7) is 9.93. The fraction of sp³-hybridized carbons (Fsp3) is 0.424. The zero-order valence-electron chi connectivity index (χ0n) is 24.3. The van der Waals surface area contributed by atoms with E-state index >= 15 is 0 Å². The second kappa shape index (κ2) is 10.0. The molecule has 208 valence electrons. The number of aromatic nitrogens is 3. The van der Waals surface area contributed by atoms with Gasteiger partial charge in [0.05, 0.1) is 18.0 Å². The molecule has 1 aliphatic heterocycles. The minimum Gasteiger partial charge on any atom is -0.489 e. The molecule has 7 nitrogen and oxygen atoms in total. The van der Waals surface area contributed by atoms with Crippen LogP contribution in [0.3, 0.4) is 0 Å². The third-order valence-electron chi connectivity index (χ3n) is 8.98. The summed E-state index contributed by atoms with van der Waals surface area (Å²) in [5, 5.41) is 8.69. The largest absolute Gasteiger partial charge is 0.489 e. The van der Waals surface area contributed by atoms with Crippen LogP contribution < -0.4 is 4.74 Å². The second-order valence-electron chi connectivity index (χ2n) is 12.0. The van der Waals surface area contributed by atoms with Gasteiger partial charge in [0.1, 0.15) is 17.4 Å². The molecule has 0 saturated carbocycles. The molecule has 0 N–H and O–H groups in total. The van der Waals surface area contributed by atoms with Gasteiger partial charge in [-0.2, -0.15) is 0 Å². The van der Waals surface area contributed by atoms with Gasteiger partial charge in [-0.05, 0) is 80.5 Å². The minimum absolute atomic E-state index is 0.100. The van der Waals surface area contributed by atoms with Gasteiger partial charge in [-0.15, -0.1) is 5.10 Å². The van der Waals surface area contributed by atoms with E-state index in [1.165, 1.54) is 23.8 Å². The number of fused-ring (bicyclic) bond motifs is 3. The van der Waals surface area contributed by atoms with Crippen LogP contribution in [0.2, 0.25) is 0 Å². The average molecular weight is 539 g/mol. The highest BCUT2D eigenvalue weighted by Gasteiger charge is 2.42. The van der Waals surface area contributed by atoms with E-state index in [1.807, 2.05) is 27.0 Å². The minimum atomic E-state index is -0.804. The summed E-state index contributed by atoms with van der Waals surface area (Å²) in [5.74, 6) is 0.535. The highest BCUT2D eigenvalue weighted by atomic mass is 16.5. The van der Waals surface area contributed by atoms with E-state index in [0.29, 0.717) is 0 Å². The molecular weight excluding hydrogens is 500 g/mol. The lowest BCUT2D eigenvalue weighted by Gasteiger charge is -2.35. The van der Waals surface area contributed by atoms with E-state index in [4.69, 9.17) is 9.47 Å². The van der Waals surface area contributed by atoms with Gasteiger partial charge in [-0.25, -0.2) is 4.68 Å². The third kappa shape index (κ3) is 4.37. The Morgan fingerprint density at radius 3 is 2.73 bits per heavy atom. The van der Waals surface area contributed by atoms with Crippen molar-refractivity contribution in [1.82, 2.24) is 19.9 Å². The predicted molar refractivity (Wildman–Crippen MR) is 155 cm³/mol. The number of nitrogens with zero attached hydrogens (tertiary/aromatic N) is 4. The summed E-state index contributed by atoms with van der Waals surface area (Å²) in [5.41, 5.74) is 8.24. The Balaban J connectivity index is 1.45. The van der Waals surface area contributed by atoms with E-state index in [2.05, 4.69) is 77.6 Å². The van der Waals surface area contributed by atoms with Crippen molar-refractivity contribution in [3.8, 4) is 5.75 Å². The summed E-state index contributed by atoms with van der Waals surface area (Å²) < 4.78 is 13.4. The van der Waals surface area contributed by atoms with Gasteiger partial charge in [0.2, 0.25) is 0 Å². The average Bonchev–Trinajstić information content (AvgIpc) is 3.48. The predicted octanol–water partition coefficient (Wildman–Crippen LogP) is 5.88. The first-order valence-corrected chi connectivity index (χ1v) is 14.2. The van der Waals surface area contributed by atoms with E-state index < -0.39 is 5.41 Å². The summed E-state index contributed by atoms with van der Waals surface area (Å²) in [7, 11) is 3.37. The summed E-state index contributed by atoms with van der Waals surface area (Å²) in [4.78, 5) is 15.8. The molecule has 6 rings (SSSR count). The Morgan fingerprint density at radius 2 is 1.93 bits per heavy atom. The number of para-hydroxylation sites is 1. The number of carbonyl (C=O) groups excluding carboxylic acids is 1. The summed E-state index contributed by atoms with van der Waals surface area (Å²) in [6, 6.07) is 19.7. The number of aryl methyl sites for hydroxylation is 3. The third-order valence-corrected chi connectivity index (χ3v) is 8.98. The lowest BCUT2D eigenvalue weighted by Crippen LogP contribution is -2.34. The molecule has 0 saturated heterocycles. The van der Waals surface area contributed by atoms with Crippen molar-refractivity contribution in [3.63, 3.8) is 0 Å². The van der Waals surface area contributed by atoms with Crippen LogP contribution in [0.5, 0.6) is 5.75 Å². The molecule has 1 aromatic heterocycles. The summed E-state index contributed by atoms with van der Waals surface area (Å²) in [6.07, 6.45) is 2.22. The fourth-order valence-corrected chi connectivity index (χ4v) is 6.94. The maximum atomic E-state index is 13.3. The number of hydrogen-bond acceptors (Lipinski definition) is 6. The van der Waals surface area contributed by atoms with Crippen molar-refractivity contribution in [2.24, 2.45) is 12.5 Å². The second-order valence-corrected chi connectivity index (χ2v) is 12.0. The lowest BCUT2D eigenvalue weighted by molar-refractivity contribution is -0.151. The number of benzene rings is 3. The van der Waals surface area contributed by atoms with E-state index in [-0.39, 0.29) is 24.0 Å². The SMILES string of the molecule is COC(=O)C(C)(C)C(c1ccc2c(c1)C(N1Cc3ccccc3O[C@H](C)C1)CC2)c1ccc2c(nnn2C)c1C. The van der Waals surface area contributed by atoms with Crippen LogP contribution in [0.1, 0.15) is 72.5 Å². The van der Waals surface area contributed by atoms with Crippen molar-refractivity contribution in [2.75, 3.05) is 13.7 Å². The number of ether oxygens (including phenoxy) is 2. The molecule has 2 aliphatic rings. The van der Waals surface area contributed by atoms with E-state index in [1.54, 1.807) is 4.68 Å². The number of carbonyl (C=O) groups is 1. The van der Waals surface area contributed by atoms with Gasteiger partial charge in [0.15, 0.2) is 0 Å². The molecule has 0 radical (unpaired) electrons. The number of rotatable bonds is 5. The highest BCUT2D eigenvalue weighted by Crippen LogP contribution is 2.47. The highest BCUT2D eigenvalue weighted by molar-refractivity contribution is 5.82. The smallest absolute Gasteiger partial charge is 0.312 e. The van der Waals surface area contributed by atoms with Crippen LogP contribution >= 0.6 is 0 Å². The van der Waals surface area contributed by atoms with Crippen LogP contribution in [-0.2, 0) is 29.5 Å². The Labute approximate surface area is 236 Å². The van der Waals surface area contributed by atoms with Crippen molar-refractivity contribution in [3.05, 3.63) is 88.0 Å². The number of hydrogen-bond donors (Lipinski definition) is 0. The van der Waals surface area contributed by atoms with Gasteiger partial charge < -0.3 is 9.47 Å². The molecule has 2 heterocycles. The van der Waals surface area contributed by atoms with Crippen molar-refractivity contribution < 1.29 is 14.3 Å². The maximum Gasteiger partial charge on any atom is 0.312 e. The molecule has 0 fully saturated rings. The van der Waals surface area contributed by atoms with Crippen molar-refractivity contribution >= 4 is 17.0 Å². The quantitative estimate of drug-likeness (QED) is 0.296. The zero-order valence-corrected chi connectivity index (χ0v) is 24.3. The van der Waals surface area contributed by atoms with Crippen LogP contribution in [0.4, 0.5) is 0 Å².